The number of Topliss-reactive ketones (excluding diaryl/α,β-unsaturated/α-hetero) is 1. The fourth-order valence-electron chi connectivity index (χ4n) is 1.31. The number of aryl methyl sites for hydroxylation is 1. The molecule has 0 N–H and O–H groups in total. The van der Waals surface area contributed by atoms with Gasteiger partial charge in [0, 0.05) is 12.3 Å². The first kappa shape index (κ1) is 10.3. The highest BCUT2D eigenvalue weighted by Gasteiger charge is 2.02. The van der Waals surface area contributed by atoms with Crippen LogP contribution in [-0.4, -0.2) is 5.78 Å². The minimum absolute atomic E-state index is 0.196. The lowest BCUT2D eigenvalue weighted by Gasteiger charge is -2.04. The molecule has 1 nitrogen and oxygen atoms in total. The molecule has 1 aromatic rings. The van der Waals surface area contributed by atoms with Gasteiger partial charge in [-0.2, -0.15) is 0 Å². The second kappa shape index (κ2) is 4.43. The number of ketones is 1. The monoisotopic (exact) mass is 196 g/mol. The van der Waals surface area contributed by atoms with Gasteiger partial charge in [0.1, 0.15) is 5.78 Å². The Bertz CT molecular complexity index is 318. The van der Waals surface area contributed by atoms with E-state index < -0.39 is 0 Å². The number of carbonyl (C=O) groups excluding carboxylic acids is 1. The number of alkyl halides is 1. The fraction of sp³-hybridized carbons (Fsp3) is 0.364. The molecule has 70 valence electrons. The van der Waals surface area contributed by atoms with Crippen molar-refractivity contribution in [1.82, 2.24) is 0 Å². The van der Waals surface area contributed by atoms with E-state index in [0.29, 0.717) is 12.3 Å². The summed E-state index contributed by atoms with van der Waals surface area (Å²) in [7, 11) is 0. The number of hydrogen-bond donors (Lipinski definition) is 0. The van der Waals surface area contributed by atoms with Gasteiger partial charge < -0.3 is 0 Å². The van der Waals surface area contributed by atoms with Gasteiger partial charge in [0.15, 0.2) is 0 Å². The molecule has 0 saturated carbocycles. The van der Waals surface area contributed by atoms with Crippen molar-refractivity contribution in [2.45, 2.75) is 26.1 Å². The van der Waals surface area contributed by atoms with Gasteiger partial charge in [0.25, 0.3) is 0 Å². The zero-order valence-corrected chi connectivity index (χ0v) is 8.69. The Kier molecular flexibility index (Phi) is 3.49. The normalized spacial score (nSPS) is 10.1. The molecule has 0 atom stereocenters. The van der Waals surface area contributed by atoms with Crippen LogP contribution >= 0.6 is 11.6 Å². The maximum absolute atomic E-state index is 10.9. The molecule has 1 aromatic carbocycles. The Hall–Kier alpha value is -0.820. The highest BCUT2D eigenvalue weighted by atomic mass is 35.5. The third-order valence-electron chi connectivity index (χ3n) is 2.00. The summed E-state index contributed by atoms with van der Waals surface area (Å²) in [5.74, 6) is 0.725. The molecule has 0 aliphatic rings. The highest BCUT2D eigenvalue weighted by molar-refractivity contribution is 6.17. The molecule has 0 aliphatic heterocycles. The van der Waals surface area contributed by atoms with Gasteiger partial charge in [-0.25, -0.2) is 0 Å². The molecule has 0 fully saturated rings. The standard InChI is InChI=1S/C11H13ClO/c1-8-5-10(7-12)3-4-11(8)6-9(2)13/h3-5H,6-7H2,1-2H3. The molecular formula is C11H13ClO. The number of rotatable bonds is 3. The summed E-state index contributed by atoms with van der Waals surface area (Å²) in [6, 6.07) is 5.98. The van der Waals surface area contributed by atoms with Crippen molar-refractivity contribution in [3.63, 3.8) is 0 Å². The largest absolute Gasteiger partial charge is 0.300 e. The van der Waals surface area contributed by atoms with Crippen LogP contribution < -0.4 is 0 Å². The minimum atomic E-state index is 0.196. The third-order valence-corrected chi connectivity index (χ3v) is 2.31. The van der Waals surface area contributed by atoms with Crippen molar-refractivity contribution in [3.8, 4) is 0 Å². The maximum atomic E-state index is 10.9. The predicted molar refractivity (Wildman–Crippen MR) is 55.1 cm³/mol. The van der Waals surface area contributed by atoms with E-state index in [4.69, 9.17) is 11.6 Å². The van der Waals surface area contributed by atoms with Crippen molar-refractivity contribution < 1.29 is 4.79 Å². The first-order valence-electron chi connectivity index (χ1n) is 4.27. The van der Waals surface area contributed by atoms with Crippen LogP contribution in [0, 0.1) is 6.92 Å². The predicted octanol–water partition coefficient (Wildman–Crippen LogP) is 2.87. The van der Waals surface area contributed by atoms with Gasteiger partial charge in [0.05, 0.1) is 0 Å². The van der Waals surface area contributed by atoms with Gasteiger partial charge in [-0.05, 0) is 30.5 Å². The summed E-state index contributed by atoms with van der Waals surface area (Å²) in [5, 5.41) is 0. The van der Waals surface area contributed by atoms with Crippen LogP contribution in [0.25, 0.3) is 0 Å². The summed E-state index contributed by atoms with van der Waals surface area (Å²) in [4.78, 5) is 10.9. The Morgan fingerprint density at radius 2 is 2.15 bits per heavy atom. The van der Waals surface area contributed by atoms with Crippen LogP contribution in [0.3, 0.4) is 0 Å². The van der Waals surface area contributed by atoms with E-state index >= 15 is 0 Å². The first-order valence-corrected chi connectivity index (χ1v) is 4.80. The molecule has 0 amide bonds. The number of hydrogen-bond acceptors (Lipinski definition) is 1. The van der Waals surface area contributed by atoms with E-state index in [2.05, 4.69) is 0 Å². The second-order valence-corrected chi connectivity index (χ2v) is 3.54. The molecule has 0 aliphatic carbocycles. The molecule has 0 bridgehead atoms. The van der Waals surface area contributed by atoms with Gasteiger partial charge in [-0.15, -0.1) is 11.6 Å². The van der Waals surface area contributed by atoms with E-state index in [1.165, 1.54) is 0 Å². The summed E-state index contributed by atoms with van der Waals surface area (Å²) >= 11 is 5.69. The van der Waals surface area contributed by atoms with Crippen LogP contribution in [0.4, 0.5) is 0 Å². The van der Waals surface area contributed by atoms with Crippen molar-refractivity contribution in [2.75, 3.05) is 0 Å². The highest BCUT2D eigenvalue weighted by Crippen LogP contribution is 2.13. The molecule has 0 aromatic heterocycles. The Morgan fingerprint density at radius 3 is 2.62 bits per heavy atom. The van der Waals surface area contributed by atoms with Crippen LogP contribution in [0.2, 0.25) is 0 Å². The maximum Gasteiger partial charge on any atom is 0.134 e. The van der Waals surface area contributed by atoms with Crippen molar-refractivity contribution in [2.24, 2.45) is 0 Å². The topological polar surface area (TPSA) is 17.1 Å². The Balaban J connectivity index is 2.91. The summed E-state index contributed by atoms with van der Waals surface area (Å²) in [6.45, 7) is 3.61. The van der Waals surface area contributed by atoms with Gasteiger partial charge in [-0.3, -0.25) is 4.79 Å². The summed E-state index contributed by atoms with van der Waals surface area (Å²) < 4.78 is 0. The van der Waals surface area contributed by atoms with E-state index in [1.54, 1.807) is 6.92 Å². The molecule has 1 rings (SSSR count). The summed E-state index contributed by atoms with van der Waals surface area (Å²) in [5.41, 5.74) is 3.35. The number of carbonyl (C=O) groups is 1. The van der Waals surface area contributed by atoms with E-state index in [0.717, 1.165) is 16.7 Å². The lowest BCUT2D eigenvalue weighted by molar-refractivity contribution is -0.116. The van der Waals surface area contributed by atoms with E-state index in [9.17, 15) is 4.79 Å². The molecule has 2 heteroatoms. The van der Waals surface area contributed by atoms with E-state index in [-0.39, 0.29) is 5.78 Å². The van der Waals surface area contributed by atoms with Crippen LogP contribution in [0.5, 0.6) is 0 Å². The zero-order chi connectivity index (χ0) is 9.84. The average molecular weight is 197 g/mol. The molecule has 0 heterocycles. The van der Waals surface area contributed by atoms with Crippen molar-refractivity contribution in [1.29, 1.82) is 0 Å². The first-order chi connectivity index (χ1) is 6.13. The van der Waals surface area contributed by atoms with Gasteiger partial charge in [-0.1, -0.05) is 18.2 Å². The SMILES string of the molecule is CC(=O)Cc1ccc(CCl)cc1C. The third kappa shape index (κ3) is 2.85. The van der Waals surface area contributed by atoms with Crippen LogP contribution in [-0.2, 0) is 17.1 Å². The van der Waals surface area contributed by atoms with Crippen LogP contribution in [0.15, 0.2) is 18.2 Å². The van der Waals surface area contributed by atoms with Gasteiger partial charge >= 0.3 is 0 Å². The number of halogens is 1. The van der Waals surface area contributed by atoms with Gasteiger partial charge in [0.2, 0.25) is 0 Å². The summed E-state index contributed by atoms with van der Waals surface area (Å²) in [6.07, 6.45) is 0.522. The molecule has 0 unspecified atom stereocenters. The lowest BCUT2D eigenvalue weighted by Crippen LogP contribution is -1.99. The second-order valence-electron chi connectivity index (χ2n) is 3.27. The molecule has 13 heavy (non-hydrogen) atoms. The molecule has 0 radical (unpaired) electrons. The minimum Gasteiger partial charge on any atom is -0.300 e. The molecule has 0 saturated heterocycles. The lowest BCUT2D eigenvalue weighted by atomic mass is 10.0. The Labute approximate surface area is 83.7 Å². The van der Waals surface area contributed by atoms with Crippen LogP contribution in [0.1, 0.15) is 23.6 Å². The number of benzene rings is 1. The van der Waals surface area contributed by atoms with Crippen molar-refractivity contribution in [3.05, 3.63) is 34.9 Å². The zero-order valence-electron chi connectivity index (χ0n) is 7.93. The average Bonchev–Trinajstić information content (AvgIpc) is 2.08. The van der Waals surface area contributed by atoms with Crippen molar-refractivity contribution >= 4 is 17.4 Å². The smallest absolute Gasteiger partial charge is 0.134 e. The fourth-order valence-corrected chi connectivity index (χ4v) is 1.47. The Morgan fingerprint density at radius 1 is 1.46 bits per heavy atom. The molecular weight excluding hydrogens is 184 g/mol. The quantitative estimate of drug-likeness (QED) is 0.680. The molecule has 0 spiro atoms. The van der Waals surface area contributed by atoms with E-state index in [1.807, 2.05) is 25.1 Å².